The minimum absolute atomic E-state index is 0.0361. The zero-order valence-corrected chi connectivity index (χ0v) is 22.0. The Morgan fingerprint density at radius 3 is 2.62 bits per heavy atom. The van der Waals surface area contributed by atoms with Gasteiger partial charge in [-0.3, -0.25) is 19.9 Å². The highest BCUT2D eigenvalue weighted by Gasteiger charge is 2.30. The summed E-state index contributed by atoms with van der Waals surface area (Å²) in [6, 6.07) is 11.4. The maximum Gasteiger partial charge on any atom is 0.263 e. The minimum Gasteiger partial charge on any atom is -0.496 e. The molecule has 0 spiro atoms. The Labute approximate surface area is 230 Å². The lowest BCUT2D eigenvalue weighted by molar-refractivity contribution is 0.0745. The van der Waals surface area contributed by atoms with Crippen LogP contribution in [0.15, 0.2) is 48.7 Å². The molecule has 2 aromatic heterocycles. The molecule has 0 radical (unpaired) electrons. The smallest absolute Gasteiger partial charge is 0.263 e. The fraction of sp³-hybridized carbons (Fsp3) is 0.179. The monoisotopic (exact) mass is 563 g/mol. The average Bonchev–Trinajstić information content (AvgIpc) is 3.51. The zero-order valence-electron chi connectivity index (χ0n) is 21.2. The summed E-state index contributed by atoms with van der Waals surface area (Å²) in [7, 11) is 1.49. The summed E-state index contributed by atoms with van der Waals surface area (Å²) >= 11 is 1.15. The number of fused-ring (bicyclic) bond motifs is 1. The van der Waals surface area contributed by atoms with E-state index in [-0.39, 0.29) is 23.8 Å². The lowest BCUT2D eigenvalue weighted by Gasteiger charge is -2.16. The molecule has 5 rings (SSSR count). The molecule has 0 bridgehead atoms. The van der Waals surface area contributed by atoms with Crippen LogP contribution in [0.3, 0.4) is 0 Å². The Bertz CT molecular complexity index is 1680. The van der Waals surface area contributed by atoms with Gasteiger partial charge in [-0.25, -0.2) is 18.2 Å². The molecule has 1 aliphatic heterocycles. The molecule has 0 unspecified atom stereocenters. The number of hydrogen-bond donors (Lipinski definition) is 1. The van der Waals surface area contributed by atoms with Crippen LogP contribution in [-0.2, 0) is 13.1 Å². The number of pyridine rings is 1. The van der Waals surface area contributed by atoms with Crippen molar-refractivity contribution in [1.29, 1.82) is 5.26 Å². The normalized spacial score (nSPS) is 12.3. The third-order valence-electron chi connectivity index (χ3n) is 6.34. The number of thiazole rings is 1. The summed E-state index contributed by atoms with van der Waals surface area (Å²) in [4.78, 5) is 36.9. The second-order valence-corrected chi connectivity index (χ2v) is 10.0. The maximum absolute atomic E-state index is 14.2. The average molecular weight is 564 g/mol. The van der Waals surface area contributed by atoms with Gasteiger partial charge in [0.05, 0.1) is 53.5 Å². The van der Waals surface area contributed by atoms with E-state index in [2.05, 4.69) is 21.4 Å². The Morgan fingerprint density at radius 1 is 1.12 bits per heavy atom. The molecule has 12 heteroatoms. The number of methoxy groups -OCH3 is 1. The Hall–Kier alpha value is -4.76. The third-order valence-corrected chi connectivity index (χ3v) is 7.34. The van der Waals surface area contributed by atoms with Gasteiger partial charge in [-0.15, -0.1) is 0 Å². The standard InChI is InChI=1S/C28H20F3N5O3S/c1-14-7-17(18-8-15(10-32)3-6-23(18)39-2)20(11-33-14)26(37)35-28-34-22-12-36(13-24(22)40-28)27(38)19-9-16(25(30)31)4-5-21(19)29/h3-9,11,25H,12-13H2,1-2H3,(H,34,35,37). The van der Waals surface area contributed by atoms with Gasteiger partial charge in [0.2, 0.25) is 0 Å². The van der Waals surface area contributed by atoms with E-state index in [1.54, 1.807) is 31.2 Å². The Morgan fingerprint density at radius 2 is 1.93 bits per heavy atom. The van der Waals surface area contributed by atoms with Gasteiger partial charge in [0.1, 0.15) is 11.6 Å². The van der Waals surface area contributed by atoms with Crippen LogP contribution in [0.5, 0.6) is 5.75 Å². The first-order chi connectivity index (χ1) is 19.2. The summed E-state index contributed by atoms with van der Waals surface area (Å²) < 4.78 is 45.8. The van der Waals surface area contributed by atoms with Crippen molar-refractivity contribution in [3.8, 4) is 22.9 Å². The second-order valence-electron chi connectivity index (χ2n) is 8.94. The fourth-order valence-corrected chi connectivity index (χ4v) is 5.35. The minimum atomic E-state index is -2.83. The highest BCUT2D eigenvalue weighted by atomic mass is 32.1. The number of carbonyl (C=O) groups is 2. The zero-order chi connectivity index (χ0) is 28.6. The van der Waals surface area contributed by atoms with Crippen LogP contribution >= 0.6 is 11.3 Å². The molecular weight excluding hydrogens is 543 g/mol. The molecule has 0 saturated carbocycles. The van der Waals surface area contributed by atoms with Gasteiger partial charge in [-0.05, 0) is 43.3 Å². The van der Waals surface area contributed by atoms with Gasteiger partial charge in [-0.1, -0.05) is 17.4 Å². The lowest BCUT2D eigenvalue weighted by Crippen LogP contribution is -2.26. The number of benzene rings is 2. The predicted octanol–water partition coefficient (Wildman–Crippen LogP) is 5.88. The second kappa shape index (κ2) is 10.8. The summed E-state index contributed by atoms with van der Waals surface area (Å²) in [6.07, 6.45) is -1.40. The molecule has 2 amide bonds. The van der Waals surface area contributed by atoms with E-state index >= 15 is 0 Å². The van der Waals surface area contributed by atoms with E-state index < -0.39 is 35.2 Å². The first-order valence-corrected chi connectivity index (χ1v) is 12.7. The van der Waals surface area contributed by atoms with Crippen LogP contribution in [0, 0.1) is 24.1 Å². The molecule has 1 N–H and O–H groups in total. The van der Waals surface area contributed by atoms with Crippen LogP contribution < -0.4 is 10.1 Å². The molecule has 2 aromatic carbocycles. The number of aryl methyl sites for hydroxylation is 1. The van der Waals surface area contributed by atoms with Crippen LogP contribution in [0.1, 0.15) is 54.5 Å². The van der Waals surface area contributed by atoms with Crippen molar-refractivity contribution in [2.75, 3.05) is 12.4 Å². The van der Waals surface area contributed by atoms with Gasteiger partial charge < -0.3 is 9.64 Å². The van der Waals surface area contributed by atoms with Crippen LogP contribution in [-0.4, -0.2) is 33.8 Å². The van der Waals surface area contributed by atoms with Crippen LogP contribution in [0.2, 0.25) is 0 Å². The van der Waals surface area contributed by atoms with E-state index in [4.69, 9.17) is 4.74 Å². The van der Waals surface area contributed by atoms with E-state index in [0.29, 0.717) is 38.7 Å². The van der Waals surface area contributed by atoms with Crippen LogP contribution in [0.25, 0.3) is 11.1 Å². The quantitative estimate of drug-likeness (QED) is 0.314. The third kappa shape index (κ3) is 5.11. The van der Waals surface area contributed by atoms with Gasteiger partial charge in [0.15, 0.2) is 5.13 Å². The number of hydrogen-bond acceptors (Lipinski definition) is 7. The number of carbonyl (C=O) groups excluding carboxylic acids is 2. The number of nitrogens with one attached hydrogen (secondary N) is 1. The molecule has 0 saturated heterocycles. The number of amides is 2. The Balaban J connectivity index is 1.36. The molecule has 202 valence electrons. The molecule has 40 heavy (non-hydrogen) atoms. The summed E-state index contributed by atoms with van der Waals surface area (Å²) in [5.74, 6) is -1.62. The molecule has 1 aliphatic rings. The van der Waals surface area contributed by atoms with E-state index in [9.17, 15) is 28.0 Å². The highest BCUT2D eigenvalue weighted by molar-refractivity contribution is 7.16. The van der Waals surface area contributed by atoms with Crippen molar-refractivity contribution in [3.63, 3.8) is 0 Å². The molecule has 0 aliphatic carbocycles. The number of halogens is 3. The molecule has 4 aromatic rings. The van der Waals surface area contributed by atoms with Crippen molar-refractivity contribution in [1.82, 2.24) is 14.9 Å². The summed E-state index contributed by atoms with van der Waals surface area (Å²) in [6.45, 7) is 1.91. The molecule has 3 heterocycles. The van der Waals surface area contributed by atoms with Gasteiger partial charge in [0, 0.05) is 28.6 Å². The molecular formula is C28H20F3N5O3S. The highest BCUT2D eigenvalue weighted by Crippen LogP contribution is 2.36. The summed E-state index contributed by atoms with van der Waals surface area (Å²) in [5, 5.41) is 12.4. The molecule has 0 fully saturated rings. The van der Waals surface area contributed by atoms with Crippen LogP contribution in [0.4, 0.5) is 18.3 Å². The fourth-order valence-electron chi connectivity index (χ4n) is 4.37. The number of nitrogens with zero attached hydrogens (tertiary/aromatic N) is 4. The summed E-state index contributed by atoms with van der Waals surface area (Å²) in [5.41, 5.74) is 2.01. The number of ether oxygens (including phenoxy) is 1. The van der Waals surface area contributed by atoms with Crippen molar-refractivity contribution in [3.05, 3.63) is 93.0 Å². The Kier molecular flexibility index (Phi) is 7.23. The molecule has 0 atom stereocenters. The largest absolute Gasteiger partial charge is 0.496 e. The van der Waals surface area contributed by atoms with Gasteiger partial charge in [0.25, 0.3) is 18.2 Å². The van der Waals surface area contributed by atoms with Gasteiger partial charge >= 0.3 is 0 Å². The van der Waals surface area contributed by atoms with Crippen molar-refractivity contribution < 1.29 is 27.5 Å². The maximum atomic E-state index is 14.2. The lowest BCUT2D eigenvalue weighted by atomic mass is 9.97. The van der Waals surface area contributed by atoms with Crippen molar-refractivity contribution >= 4 is 28.3 Å². The first kappa shape index (κ1) is 26.8. The van der Waals surface area contributed by atoms with Crippen molar-refractivity contribution in [2.24, 2.45) is 0 Å². The number of anilines is 1. The number of alkyl halides is 2. The number of nitriles is 1. The SMILES string of the molecule is COc1ccc(C#N)cc1-c1cc(C)ncc1C(=O)Nc1nc2c(s1)CN(C(=O)c1cc(C(F)F)ccc1F)C2. The predicted molar refractivity (Wildman–Crippen MR) is 141 cm³/mol. The van der Waals surface area contributed by atoms with E-state index in [0.717, 1.165) is 29.5 Å². The van der Waals surface area contributed by atoms with E-state index in [1.165, 1.54) is 18.2 Å². The number of aromatic nitrogens is 2. The molecule has 8 nitrogen and oxygen atoms in total. The topological polar surface area (TPSA) is 108 Å². The van der Waals surface area contributed by atoms with E-state index in [1.807, 2.05) is 0 Å². The van der Waals surface area contributed by atoms with Gasteiger partial charge in [-0.2, -0.15) is 5.26 Å². The first-order valence-electron chi connectivity index (χ1n) is 11.9. The number of rotatable bonds is 6. The van der Waals surface area contributed by atoms with Crippen molar-refractivity contribution in [2.45, 2.75) is 26.4 Å².